The van der Waals surface area contributed by atoms with Gasteiger partial charge in [0.2, 0.25) is 0 Å². The van der Waals surface area contributed by atoms with Crippen molar-refractivity contribution in [2.24, 2.45) is 0 Å². The van der Waals surface area contributed by atoms with Crippen molar-refractivity contribution in [2.75, 3.05) is 11.1 Å². The quantitative estimate of drug-likeness (QED) is 0.787. The molecular formula is C12H13N5. The highest BCUT2D eigenvalue weighted by molar-refractivity contribution is 5.66. The Kier molecular flexibility index (Phi) is 2.97. The molecule has 0 saturated carbocycles. The van der Waals surface area contributed by atoms with Crippen molar-refractivity contribution in [3.8, 4) is 6.07 Å². The Hall–Kier alpha value is -2.48. The predicted molar refractivity (Wildman–Crippen MR) is 66.8 cm³/mol. The van der Waals surface area contributed by atoms with E-state index in [2.05, 4.69) is 10.4 Å². The zero-order chi connectivity index (χ0) is 12.3. The molecule has 0 saturated heterocycles. The van der Waals surface area contributed by atoms with Gasteiger partial charge in [-0.3, -0.25) is 4.68 Å². The molecule has 1 heterocycles. The van der Waals surface area contributed by atoms with Crippen LogP contribution in [-0.2, 0) is 6.54 Å². The highest BCUT2D eigenvalue weighted by atomic mass is 15.3. The average molecular weight is 227 g/mol. The van der Waals surface area contributed by atoms with E-state index in [0.29, 0.717) is 11.3 Å². The molecule has 5 heteroatoms. The van der Waals surface area contributed by atoms with Crippen LogP contribution >= 0.6 is 0 Å². The van der Waals surface area contributed by atoms with Gasteiger partial charge in [-0.15, -0.1) is 0 Å². The summed E-state index contributed by atoms with van der Waals surface area (Å²) in [5, 5.41) is 16.2. The average Bonchev–Trinajstić information content (AvgIpc) is 2.77. The summed E-state index contributed by atoms with van der Waals surface area (Å²) in [7, 11) is 0. The lowest BCUT2D eigenvalue weighted by molar-refractivity contribution is 0.662. The third-order valence-electron chi connectivity index (χ3n) is 2.41. The van der Waals surface area contributed by atoms with Crippen molar-refractivity contribution in [3.05, 3.63) is 36.0 Å². The van der Waals surface area contributed by atoms with Crippen molar-refractivity contribution >= 4 is 17.2 Å². The molecule has 0 atom stereocenters. The van der Waals surface area contributed by atoms with Crippen molar-refractivity contribution in [1.82, 2.24) is 9.78 Å². The van der Waals surface area contributed by atoms with Gasteiger partial charge in [-0.05, 0) is 25.1 Å². The molecular weight excluding hydrogens is 214 g/mol. The van der Waals surface area contributed by atoms with Crippen molar-refractivity contribution < 1.29 is 0 Å². The van der Waals surface area contributed by atoms with Gasteiger partial charge in [0.15, 0.2) is 5.82 Å². The fourth-order valence-electron chi connectivity index (χ4n) is 1.49. The molecule has 0 fully saturated rings. The molecule has 0 bridgehead atoms. The summed E-state index contributed by atoms with van der Waals surface area (Å²) in [6.07, 6.45) is 1.90. The minimum absolute atomic E-state index is 0.465. The molecule has 86 valence electrons. The predicted octanol–water partition coefficient (Wildman–Crippen LogP) is 2.10. The minimum atomic E-state index is 0.465. The molecule has 1 aromatic carbocycles. The first kappa shape index (κ1) is 11.0. The number of anilines is 3. The van der Waals surface area contributed by atoms with Crippen LogP contribution in [0.2, 0.25) is 0 Å². The fraction of sp³-hybridized carbons (Fsp3) is 0.167. The molecule has 0 radical (unpaired) electrons. The first-order chi connectivity index (χ1) is 8.22. The standard InChI is InChI=1S/C12H13N5/c1-2-17-6-5-12(16-17)15-10-4-3-9(8-13)11(14)7-10/h3-7H,2,14H2,1H3,(H,15,16). The van der Waals surface area contributed by atoms with Crippen LogP contribution in [0.4, 0.5) is 17.2 Å². The number of nitriles is 1. The Morgan fingerprint density at radius 1 is 1.47 bits per heavy atom. The summed E-state index contributed by atoms with van der Waals surface area (Å²) < 4.78 is 1.83. The van der Waals surface area contributed by atoms with Gasteiger partial charge < -0.3 is 11.1 Å². The van der Waals surface area contributed by atoms with E-state index < -0.39 is 0 Å². The largest absolute Gasteiger partial charge is 0.398 e. The molecule has 0 amide bonds. The second kappa shape index (κ2) is 4.58. The summed E-state index contributed by atoms with van der Waals surface area (Å²) in [4.78, 5) is 0. The number of nitrogens with one attached hydrogen (secondary N) is 1. The maximum atomic E-state index is 8.77. The third kappa shape index (κ3) is 2.37. The lowest BCUT2D eigenvalue weighted by Crippen LogP contribution is -1.98. The van der Waals surface area contributed by atoms with Gasteiger partial charge in [0, 0.05) is 24.5 Å². The van der Waals surface area contributed by atoms with E-state index in [9.17, 15) is 0 Å². The number of rotatable bonds is 3. The molecule has 0 aliphatic carbocycles. The monoisotopic (exact) mass is 227 g/mol. The lowest BCUT2D eigenvalue weighted by Gasteiger charge is -2.04. The summed E-state index contributed by atoms with van der Waals surface area (Å²) in [6, 6.07) is 9.13. The Morgan fingerprint density at radius 3 is 2.88 bits per heavy atom. The van der Waals surface area contributed by atoms with Gasteiger partial charge in [0.05, 0.1) is 11.3 Å². The summed E-state index contributed by atoms with van der Waals surface area (Å²) in [5.74, 6) is 0.760. The first-order valence-corrected chi connectivity index (χ1v) is 5.33. The van der Waals surface area contributed by atoms with Gasteiger partial charge in [-0.25, -0.2) is 0 Å². The van der Waals surface area contributed by atoms with Crippen LogP contribution in [-0.4, -0.2) is 9.78 Å². The van der Waals surface area contributed by atoms with E-state index >= 15 is 0 Å². The smallest absolute Gasteiger partial charge is 0.152 e. The van der Waals surface area contributed by atoms with E-state index in [0.717, 1.165) is 18.1 Å². The zero-order valence-electron chi connectivity index (χ0n) is 9.51. The van der Waals surface area contributed by atoms with Gasteiger partial charge in [0.25, 0.3) is 0 Å². The van der Waals surface area contributed by atoms with Crippen LogP contribution in [0.3, 0.4) is 0 Å². The molecule has 1 aromatic heterocycles. The molecule has 2 aromatic rings. The fourth-order valence-corrected chi connectivity index (χ4v) is 1.49. The van der Waals surface area contributed by atoms with E-state index in [1.54, 1.807) is 18.2 Å². The van der Waals surface area contributed by atoms with Crippen LogP contribution in [0.5, 0.6) is 0 Å². The van der Waals surface area contributed by atoms with E-state index in [1.165, 1.54) is 0 Å². The molecule has 0 unspecified atom stereocenters. The number of nitrogens with two attached hydrogens (primary N) is 1. The zero-order valence-corrected chi connectivity index (χ0v) is 9.51. The summed E-state index contributed by atoms with van der Waals surface area (Å²) >= 11 is 0. The molecule has 5 nitrogen and oxygen atoms in total. The van der Waals surface area contributed by atoms with Crippen LogP contribution in [0.25, 0.3) is 0 Å². The topological polar surface area (TPSA) is 79.7 Å². The molecule has 17 heavy (non-hydrogen) atoms. The van der Waals surface area contributed by atoms with Crippen LogP contribution in [0.1, 0.15) is 12.5 Å². The van der Waals surface area contributed by atoms with Gasteiger partial charge in [0.1, 0.15) is 6.07 Å². The molecule has 0 aliphatic heterocycles. The van der Waals surface area contributed by atoms with Crippen LogP contribution in [0, 0.1) is 11.3 Å². The second-order valence-electron chi connectivity index (χ2n) is 3.60. The lowest BCUT2D eigenvalue weighted by atomic mass is 10.2. The highest BCUT2D eigenvalue weighted by Crippen LogP contribution is 2.20. The van der Waals surface area contributed by atoms with Crippen molar-refractivity contribution in [1.29, 1.82) is 5.26 Å². The highest BCUT2D eigenvalue weighted by Gasteiger charge is 2.02. The summed E-state index contributed by atoms with van der Waals surface area (Å²) in [5.41, 5.74) is 7.50. The van der Waals surface area contributed by atoms with Crippen LogP contribution < -0.4 is 11.1 Å². The number of hydrogen-bond acceptors (Lipinski definition) is 4. The normalized spacial score (nSPS) is 9.88. The SMILES string of the molecule is CCn1ccc(Nc2ccc(C#N)c(N)c2)n1. The Morgan fingerprint density at radius 2 is 2.29 bits per heavy atom. The van der Waals surface area contributed by atoms with Crippen molar-refractivity contribution in [3.63, 3.8) is 0 Å². The summed E-state index contributed by atoms with van der Waals surface area (Å²) in [6.45, 7) is 2.85. The maximum Gasteiger partial charge on any atom is 0.152 e. The van der Waals surface area contributed by atoms with E-state index in [4.69, 9.17) is 11.0 Å². The molecule has 0 spiro atoms. The Bertz CT molecular complexity index is 565. The molecule has 2 rings (SSSR count). The molecule has 3 N–H and O–H groups in total. The van der Waals surface area contributed by atoms with Crippen molar-refractivity contribution in [2.45, 2.75) is 13.5 Å². The Labute approximate surface area is 99.5 Å². The van der Waals surface area contributed by atoms with Gasteiger partial charge in [-0.2, -0.15) is 10.4 Å². The third-order valence-corrected chi connectivity index (χ3v) is 2.41. The molecule has 0 aliphatic rings. The number of hydrogen-bond donors (Lipinski definition) is 2. The van der Waals surface area contributed by atoms with Gasteiger partial charge >= 0.3 is 0 Å². The maximum absolute atomic E-state index is 8.77. The number of benzene rings is 1. The van der Waals surface area contributed by atoms with E-state index in [1.807, 2.05) is 29.9 Å². The van der Waals surface area contributed by atoms with E-state index in [-0.39, 0.29) is 0 Å². The number of aryl methyl sites for hydroxylation is 1. The second-order valence-corrected chi connectivity index (χ2v) is 3.60. The number of nitrogen functional groups attached to an aromatic ring is 1. The first-order valence-electron chi connectivity index (χ1n) is 5.33. The van der Waals surface area contributed by atoms with Crippen LogP contribution in [0.15, 0.2) is 30.5 Å². The number of nitrogens with zero attached hydrogens (tertiary/aromatic N) is 3. The number of aromatic nitrogens is 2. The Balaban J connectivity index is 2.19. The minimum Gasteiger partial charge on any atom is -0.398 e. The van der Waals surface area contributed by atoms with Gasteiger partial charge in [-0.1, -0.05) is 0 Å².